The molecule has 0 fully saturated rings. The van der Waals surface area contributed by atoms with Gasteiger partial charge in [0.2, 0.25) is 0 Å². The molecule has 2 heterocycles. The van der Waals surface area contributed by atoms with E-state index in [0.717, 1.165) is 38.5 Å². The van der Waals surface area contributed by atoms with Crippen LogP contribution >= 0.6 is 0 Å². The van der Waals surface area contributed by atoms with Gasteiger partial charge in [-0.25, -0.2) is 0 Å². The van der Waals surface area contributed by atoms with Gasteiger partial charge in [-0.2, -0.15) is 0 Å². The topological polar surface area (TPSA) is 6.48 Å². The lowest BCUT2D eigenvalue weighted by atomic mass is 9.63. The van der Waals surface area contributed by atoms with Crippen LogP contribution < -0.4 is 9.80 Å². The summed E-state index contributed by atoms with van der Waals surface area (Å²) >= 11 is 0. The second kappa shape index (κ2) is 16.8. The van der Waals surface area contributed by atoms with E-state index in [1.54, 1.807) is 0 Å². The quantitative estimate of drug-likeness (QED) is 0.153. The number of para-hydroxylation sites is 3. The van der Waals surface area contributed by atoms with E-state index in [1.807, 2.05) is 0 Å². The van der Waals surface area contributed by atoms with Crippen molar-refractivity contribution in [2.24, 2.45) is 5.92 Å². The molecule has 4 aliphatic carbocycles. The summed E-state index contributed by atoms with van der Waals surface area (Å²) in [4.78, 5) is 5.14. The summed E-state index contributed by atoms with van der Waals surface area (Å²) in [5, 5.41) is 0. The number of nitrogens with zero attached hydrogens (tertiary/aromatic N) is 2. The summed E-state index contributed by atoms with van der Waals surface area (Å²) in [6.07, 6.45) is 23.4. The second-order valence-electron chi connectivity index (χ2n) is 21.4. The number of anilines is 4. The van der Waals surface area contributed by atoms with Crippen LogP contribution in [0.5, 0.6) is 0 Å². The lowest BCUT2D eigenvalue weighted by molar-refractivity contribution is 0.453. The van der Waals surface area contributed by atoms with E-state index >= 15 is 0 Å². The molecule has 348 valence electrons. The molecular weight excluding hydrogens is 869 g/mol. The molecule has 0 amide bonds. The number of fused-ring (bicyclic) bond motifs is 9. The number of hydrogen-bond acceptors (Lipinski definition) is 2. The van der Waals surface area contributed by atoms with Crippen LogP contribution in [0, 0.1) is 5.92 Å². The molecular formula is C70H58N2. The van der Waals surface area contributed by atoms with E-state index < -0.39 is 5.41 Å². The summed E-state index contributed by atoms with van der Waals surface area (Å²) in [5.41, 5.74) is 26.3. The van der Waals surface area contributed by atoms with Crippen molar-refractivity contribution in [2.45, 2.75) is 69.1 Å². The molecule has 2 nitrogen and oxygen atoms in total. The smallest absolute Gasteiger partial charge is 0.0526 e. The maximum absolute atomic E-state index is 2.66. The maximum Gasteiger partial charge on any atom is 0.0526 e. The first-order valence-corrected chi connectivity index (χ1v) is 26.3. The number of aryl methyl sites for hydroxylation is 3. The highest BCUT2D eigenvalue weighted by atomic mass is 15.2. The number of allylic oxidation sites excluding steroid dienone is 7. The highest BCUT2D eigenvalue weighted by molar-refractivity contribution is 5.88. The van der Waals surface area contributed by atoms with E-state index in [-0.39, 0.29) is 17.3 Å². The van der Waals surface area contributed by atoms with Gasteiger partial charge in [-0.05, 0) is 153 Å². The summed E-state index contributed by atoms with van der Waals surface area (Å²) < 4.78 is 0. The molecule has 72 heavy (non-hydrogen) atoms. The van der Waals surface area contributed by atoms with Crippen LogP contribution in [0.1, 0.15) is 100 Å². The van der Waals surface area contributed by atoms with Crippen LogP contribution in [0.2, 0.25) is 0 Å². The Kier molecular flexibility index (Phi) is 10.0. The first-order valence-electron chi connectivity index (χ1n) is 26.3. The Bertz CT molecular complexity index is 3550. The third-order valence-corrected chi connectivity index (χ3v) is 17.2. The Morgan fingerprint density at radius 3 is 1.68 bits per heavy atom. The monoisotopic (exact) mass is 926 g/mol. The van der Waals surface area contributed by atoms with Gasteiger partial charge in [0.05, 0.1) is 5.41 Å². The van der Waals surface area contributed by atoms with Gasteiger partial charge >= 0.3 is 0 Å². The molecule has 8 aromatic rings. The van der Waals surface area contributed by atoms with E-state index in [2.05, 4.69) is 254 Å². The molecule has 14 rings (SSSR count). The summed E-state index contributed by atoms with van der Waals surface area (Å²) in [5.74, 6) is 0.370. The molecule has 0 spiro atoms. The third kappa shape index (κ3) is 6.61. The van der Waals surface area contributed by atoms with Gasteiger partial charge in [-0.15, -0.1) is 0 Å². The Balaban J connectivity index is 0.847. The first kappa shape index (κ1) is 42.9. The van der Waals surface area contributed by atoms with E-state index in [0.29, 0.717) is 0 Å². The van der Waals surface area contributed by atoms with Crippen molar-refractivity contribution >= 4 is 34.9 Å². The summed E-state index contributed by atoms with van der Waals surface area (Å²) in [6.45, 7) is 4.82. The molecule has 2 atom stereocenters. The average Bonchev–Trinajstić information content (AvgIpc) is 3.65. The Morgan fingerprint density at radius 2 is 1.03 bits per heavy atom. The predicted molar refractivity (Wildman–Crippen MR) is 300 cm³/mol. The van der Waals surface area contributed by atoms with Crippen molar-refractivity contribution < 1.29 is 0 Å². The normalized spacial score (nSPS) is 19.5. The minimum atomic E-state index is -0.420. The molecule has 0 aromatic heterocycles. The van der Waals surface area contributed by atoms with Gasteiger partial charge in [0.25, 0.3) is 0 Å². The molecule has 8 aromatic carbocycles. The van der Waals surface area contributed by atoms with Crippen molar-refractivity contribution in [2.75, 3.05) is 9.80 Å². The number of hydrogen-bond donors (Lipinski definition) is 0. The van der Waals surface area contributed by atoms with E-state index in [4.69, 9.17) is 0 Å². The first-order chi connectivity index (χ1) is 35.4. The van der Waals surface area contributed by atoms with Crippen LogP contribution in [0.25, 0.3) is 23.3 Å². The molecule has 0 radical (unpaired) electrons. The minimum absolute atomic E-state index is 0.153. The summed E-state index contributed by atoms with van der Waals surface area (Å²) in [7, 11) is 0. The fourth-order valence-electron chi connectivity index (χ4n) is 13.8. The van der Waals surface area contributed by atoms with Crippen molar-refractivity contribution in [1.82, 2.24) is 0 Å². The lowest BCUT2D eigenvalue weighted by Gasteiger charge is -2.41. The van der Waals surface area contributed by atoms with Crippen molar-refractivity contribution in [1.29, 1.82) is 0 Å². The number of benzene rings is 8. The average molecular weight is 927 g/mol. The molecule has 0 N–H and O–H groups in total. The highest BCUT2D eigenvalue weighted by Crippen LogP contribution is 2.61. The standard InChI is InChI=1S/C70H58N2/c1-69(2)61-43-47(31-39-57(61)58-41-37-55(45-62(58)69)71-65-25-13-9-17-49(65)33-34-50-18-10-14-26-66(50)71)29-30-48-32-40-59-60-42-38-56(72-67-27-15-11-19-51(67)35-36-52-20-12-16-28-68(52)72)46-64(60)70(63(59)44-48,53-21-5-3-6-22-53)54-23-7-4-8-24-54/h3-15,17-27,29-32,37-46,60,64H,16,28,33-36H2,1-2H3/b30-29+. The fraction of sp³-hybridized carbons (Fsp3) is 0.171. The van der Waals surface area contributed by atoms with Gasteiger partial charge in [0, 0.05) is 51.4 Å². The third-order valence-electron chi connectivity index (χ3n) is 17.2. The van der Waals surface area contributed by atoms with Crippen molar-refractivity contribution in [3.63, 3.8) is 0 Å². The Hall–Kier alpha value is -7.94. The second-order valence-corrected chi connectivity index (χ2v) is 21.4. The molecule has 2 unspecified atom stereocenters. The van der Waals surface area contributed by atoms with E-state index in [1.165, 1.54) is 112 Å². The highest BCUT2D eigenvalue weighted by Gasteiger charge is 2.54. The summed E-state index contributed by atoms with van der Waals surface area (Å²) in [6, 6.07) is 71.4. The van der Waals surface area contributed by atoms with Crippen molar-refractivity contribution in [3.05, 3.63) is 297 Å². The molecule has 0 saturated heterocycles. The number of rotatable bonds is 6. The lowest BCUT2D eigenvalue weighted by Crippen LogP contribution is -2.36. The molecule has 6 aliphatic rings. The Morgan fingerprint density at radius 1 is 0.486 bits per heavy atom. The van der Waals surface area contributed by atoms with Crippen LogP contribution in [0.15, 0.2) is 235 Å². The van der Waals surface area contributed by atoms with Gasteiger partial charge in [0.1, 0.15) is 0 Å². The van der Waals surface area contributed by atoms with Gasteiger partial charge in [-0.1, -0.05) is 208 Å². The maximum atomic E-state index is 2.66. The van der Waals surface area contributed by atoms with Gasteiger partial charge < -0.3 is 9.80 Å². The Labute approximate surface area is 425 Å². The largest absolute Gasteiger partial charge is 0.314 e. The predicted octanol–water partition coefficient (Wildman–Crippen LogP) is 17.3. The zero-order chi connectivity index (χ0) is 48.0. The van der Waals surface area contributed by atoms with E-state index in [9.17, 15) is 0 Å². The van der Waals surface area contributed by atoms with Crippen LogP contribution in [0.3, 0.4) is 0 Å². The van der Waals surface area contributed by atoms with Crippen LogP contribution in [-0.4, -0.2) is 0 Å². The van der Waals surface area contributed by atoms with Crippen molar-refractivity contribution in [3.8, 4) is 11.1 Å². The fourth-order valence-corrected chi connectivity index (χ4v) is 13.8. The van der Waals surface area contributed by atoms with Gasteiger partial charge in [0.15, 0.2) is 0 Å². The molecule has 2 heteroatoms. The van der Waals surface area contributed by atoms with Crippen LogP contribution in [0.4, 0.5) is 22.7 Å². The minimum Gasteiger partial charge on any atom is -0.314 e. The molecule has 2 aliphatic heterocycles. The SMILES string of the molecule is CC1(C)c2cc(/C=C/c3ccc4c(c3)C(c3ccccc3)(c3ccccc3)C3C=C(N5C6=C(C=CCC6)CCc6ccccc65)C=CC43)ccc2-c2ccc(N3c4ccccc4CCc4ccccc43)cc21. The zero-order valence-electron chi connectivity index (χ0n) is 41.2. The molecule has 0 saturated carbocycles. The molecule has 0 bridgehead atoms. The zero-order valence-corrected chi connectivity index (χ0v) is 41.2. The van der Waals surface area contributed by atoms with Gasteiger partial charge in [-0.3, -0.25) is 0 Å². The van der Waals surface area contributed by atoms with Crippen LogP contribution in [-0.2, 0) is 30.1 Å².